The van der Waals surface area contributed by atoms with Gasteiger partial charge >= 0.3 is 0 Å². The van der Waals surface area contributed by atoms with Crippen molar-refractivity contribution in [2.24, 2.45) is 0 Å². The van der Waals surface area contributed by atoms with E-state index in [1.807, 2.05) is 24.4 Å². The molecule has 0 spiro atoms. The summed E-state index contributed by atoms with van der Waals surface area (Å²) in [5.74, 6) is 0. The van der Waals surface area contributed by atoms with Gasteiger partial charge in [0.2, 0.25) is 0 Å². The van der Waals surface area contributed by atoms with Crippen molar-refractivity contribution in [3.05, 3.63) is 30.1 Å². The van der Waals surface area contributed by atoms with Gasteiger partial charge in [0.25, 0.3) is 0 Å². The second-order valence-electron chi connectivity index (χ2n) is 3.51. The standard InChI is InChI=1S/C12H17N3/c1-2-9-15(11-7-13)10-6-12-5-3-4-8-14-12/h3-5,8H,2,6,9-11H2,1H3. The van der Waals surface area contributed by atoms with E-state index in [9.17, 15) is 0 Å². The van der Waals surface area contributed by atoms with Crippen LogP contribution in [0.25, 0.3) is 0 Å². The fraction of sp³-hybridized carbons (Fsp3) is 0.500. The largest absolute Gasteiger partial charge is 0.290 e. The van der Waals surface area contributed by atoms with Crippen molar-refractivity contribution in [1.29, 1.82) is 5.26 Å². The molecule has 0 N–H and O–H groups in total. The first kappa shape index (κ1) is 11.7. The maximum atomic E-state index is 8.65. The maximum absolute atomic E-state index is 8.65. The number of nitrogens with zero attached hydrogens (tertiary/aromatic N) is 3. The van der Waals surface area contributed by atoms with Gasteiger partial charge in [-0.15, -0.1) is 0 Å². The van der Waals surface area contributed by atoms with Gasteiger partial charge in [-0.25, -0.2) is 0 Å². The molecular formula is C12H17N3. The summed E-state index contributed by atoms with van der Waals surface area (Å²) in [4.78, 5) is 6.42. The molecule has 1 rings (SSSR count). The van der Waals surface area contributed by atoms with Crippen LogP contribution in [0.4, 0.5) is 0 Å². The molecule has 0 unspecified atom stereocenters. The Balaban J connectivity index is 2.37. The molecule has 0 aromatic carbocycles. The minimum Gasteiger partial charge on any atom is -0.290 e. The summed E-state index contributed by atoms with van der Waals surface area (Å²) in [6.45, 7) is 4.55. The summed E-state index contributed by atoms with van der Waals surface area (Å²) in [5, 5.41) is 8.65. The Hall–Kier alpha value is -1.40. The Bertz CT molecular complexity index is 302. The van der Waals surface area contributed by atoms with E-state index in [2.05, 4.69) is 22.9 Å². The van der Waals surface area contributed by atoms with E-state index in [1.165, 1.54) is 0 Å². The fourth-order valence-corrected chi connectivity index (χ4v) is 1.50. The molecule has 0 aliphatic heterocycles. The second kappa shape index (κ2) is 6.97. The summed E-state index contributed by atoms with van der Waals surface area (Å²) >= 11 is 0. The van der Waals surface area contributed by atoms with E-state index < -0.39 is 0 Å². The fourth-order valence-electron chi connectivity index (χ4n) is 1.50. The molecular weight excluding hydrogens is 186 g/mol. The highest BCUT2D eigenvalue weighted by atomic mass is 15.1. The number of hydrogen-bond acceptors (Lipinski definition) is 3. The van der Waals surface area contributed by atoms with Gasteiger partial charge in [0.05, 0.1) is 12.6 Å². The molecule has 0 saturated heterocycles. The van der Waals surface area contributed by atoms with Gasteiger partial charge in [0, 0.05) is 24.9 Å². The van der Waals surface area contributed by atoms with Crippen molar-refractivity contribution in [3.8, 4) is 6.07 Å². The topological polar surface area (TPSA) is 39.9 Å². The third-order valence-corrected chi connectivity index (χ3v) is 2.24. The molecule has 0 bridgehead atoms. The highest BCUT2D eigenvalue weighted by Crippen LogP contribution is 1.98. The van der Waals surface area contributed by atoms with Gasteiger partial charge in [-0.05, 0) is 25.1 Å². The molecule has 0 saturated carbocycles. The summed E-state index contributed by atoms with van der Waals surface area (Å²) < 4.78 is 0. The summed E-state index contributed by atoms with van der Waals surface area (Å²) in [7, 11) is 0. The minimum absolute atomic E-state index is 0.515. The van der Waals surface area contributed by atoms with Crippen LogP contribution in [-0.2, 0) is 6.42 Å². The van der Waals surface area contributed by atoms with Gasteiger partial charge in [0.1, 0.15) is 0 Å². The number of pyridine rings is 1. The van der Waals surface area contributed by atoms with Gasteiger partial charge in [-0.2, -0.15) is 5.26 Å². The summed E-state index contributed by atoms with van der Waals surface area (Å²) in [6.07, 6.45) is 3.82. The zero-order valence-electron chi connectivity index (χ0n) is 9.19. The third-order valence-electron chi connectivity index (χ3n) is 2.24. The molecule has 1 heterocycles. The van der Waals surface area contributed by atoms with Crippen molar-refractivity contribution >= 4 is 0 Å². The smallest absolute Gasteiger partial charge is 0.0866 e. The lowest BCUT2D eigenvalue weighted by atomic mass is 10.2. The Morgan fingerprint density at radius 3 is 2.87 bits per heavy atom. The number of nitriles is 1. The van der Waals surface area contributed by atoms with E-state index in [1.54, 1.807) is 0 Å². The Morgan fingerprint density at radius 1 is 1.40 bits per heavy atom. The highest BCUT2D eigenvalue weighted by molar-refractivity contribution is 5.03. The molecule has 3 heteroatoms. The lowest BCUT2D eigenvalue weighted by molar-refractivity contribution is 0.309. The van der Waals surface area contributed by atoms with Crippen molar-refractivity contribution in [2.75, 3.05) is 19.6 Å². The molecule has 80 valence electrons. The molecule has 1 aromatic rings. The van der Waals surface area contributed by atoms with Gasteiger partial charge in [0.15, 0.2) is 0 Å². The normalized spacial score (nSPS) is 10.2. The minimum atomic E-state index is 0.515. The van der Waals surface area contributed by atoms with Crippen LogP contribution in [0, 0.1) is 11.3 Å². The average molecular weight is 203 g/mol. The zero-order chi connectivity index (χ0) is 10.9. The lowest BCUT2D eigenvalue weighted by Crippen LogP contribution is -2.27. The number of aromatic nitrogens is 1. The second-order valence-corrected chi connectivity index (χ2v) is 3.51. The number of rotatable bonds is 6. The summed E-state index contributed by atoms with van der Waals surface area (Å²) in [5.41, 5.74) is 1.09. The molecule has 0 atom stereocenters. The van der Waals surface area contributed by atoms with Crippen molar-refractivity contribution in [2.45, 2.75) is 19.8 Å². The Morgan fingerprint density at radius 2 is 2.27 bits per heavy atom. The maximum Gasteiger partial charge on any atom is 0.0866 e. The Labute approximate surface area is 91.4 Å². The first-order valence-corrected chi connectivity index (χ1v) is 5.36. The molecule has 3 nitrogen and oxygen atoms in total. The van der Waals surface area contributed by atoms with Crippen LogP contribution in [0.3, 0.4) is 0 Å². The van der Waals surface area contributed by atoms with E-state index in [4.69, 9.17) is 5.26 Å². The monoisotopic (exact) mass is 203 g/mol. The Kier molecular flexibility index (Phi) is 5.42. The SMILES string of the molecule is CCCN(CC#N)CCc1ccccn1. The van der Waals surface area contributed by atoms with Crippen LogP contribution in [0.15, 0.2) is 24.4 Å². The van der Waals surface area contributed by atoms with Crippen molar-refractivity contribution in [3.63, 3.8) is 0 Å². The number of hydrogen-bond donors (Lipinski definition) is 0. The molecule has 15 heavy (non-hydrogen) atoms. The van der Waals surface area contributed by atoms with E-state index in [-0.39, 0.29) is 0 Å². The average Bonchev–Trinajstić information content (AvgIpc) is 2.28. The first-order valence-electron chi connectivity index (χ1n) is 5.36. The van der Waals surface area contributed by atoms with Gasteiger partial charge in [-0.1, -0.05) is 13.0 Å². The predicted molar refractivity (Wildman–Crippen MR) is 60.3 cm³/mol. The van der Waals surface area contributed by atoms with Crippen LogP contribution in [0.2, 0.25) is 0 Å². The predicted octanol–water partition coefficient (Wildman–Crippen LogP) is 1.86. The summed E-state index contributed by atoms with van der Waals surface area (Å²) in [6, 6.07) is 8.13. The van der Waals surface area contributed by atoms with Gasteiger partial charge in [-0.3, -0.25) is 9.88 Å². The molecule has 0 amide bonds. The van der Waals surface area contributed by atoms with Crippen LogP contribution in [-0.4, -0.2) is 29.5 Å². The molecule has 0 aliphatic rings. The van der Waals surface area contributed by atoms with Gasteiger partial charge < -0.3 is 0 Å². The first-order chi connectivity index (χ1) is 7.36. The highest BCUT2D eigenvalue weighted by Gasteiger charge is 2.03. The molecule has 0 radical (unpaired) electrons. The molecule has 0 aliphatic carbocycles. The van der Waals surface area contributed by atoms with Crippen LogP contribution >= 0.6 is 0 Å². The van der Waals surface area contributed by atoms with E-state index >= 15 is 0 Å². The lowest BCUT2D eigenvalue weighted by Gasteiger charge is -2.17. The molecule has 1 aromatic heterocycles. The zero-order valence-corrected chi connectivity index (χ0v) is 9.19. The van der Waals surface area contributed by atoms with Crippen LogP contribution < -0.4 is 0 Å². The molecule has 0 fully saturated rings. The van der Waals surface area contributed by atoms with Crippen LogP contribution in [0.5, 0.6) is 0 Å². The quantitative estimate of drug-likeness (QED) is 0.662. The van der Waals surface area contributed by atoms with E-state index in [0.717, 1.165) is 31.6 Å². The third kappa shape index (κ3) is 4.57. The van der Waals surface area contributed by atoms with Crippen LogP contribution in [0.1, 0.15) is 19.0 Å². The van der Waals surface area contributed by atoms with E-state index in [0.29, 0.717) is 6.54 Å². The van der Waals surface area contributed by atoms with Crippen molar-refractivity contribution in [1.82, 2.24) is 9.88 Å². The van der Waals surface area contributed by atoms with Crippen molar-refractivity contribution < 1.29 is 0 Å².